The first-order valence-corrected chi connectivity index (χ1v) is 15.3. The summed E-state index contributed by atoms with van der Waals surface area (Å²) >= 11 is 12.7. The zero-order chi connectivity index (χ0) is 30.3. The molecule has 2 unspecified atom stereocenters. The van der Waals surface area contributed by atoms with Gasteiger partial charge in [0.25, 0.3) is 10.0 Å². The predicted molar refractivity (Wildman–Crippen MR) is 163 cm³/mol. The Morgan fingerprint density at radius 2 is 1.66 bits per heavy atom. The van der Waals surface area contributed by atoms with Crippen LogP contribution in [0.1, 0.15) is 38.3 Å². The standard InChI is InChI=1S/C30H35Cl2N3O5S/c1-6-21(3)33-30(37)22(4)34(18-23-9-7-10-24(17-23)40-5)28(36)19-35(27-12-8-11-26(31)29(27)32)41(38,39)25-15-13-20(2)14-16-25/h7-17,21-22H,6,18-19H2,1-5H3,(H,33,37). The van der Waals surface area contributed by atoms with Gasteiger partial charge in [-0.25, -0.2) is 8.42 Å². The Kier molecular flexibility index (Phi) is 11.1. The number of carbonyl (C=O) groups is 2. The fourth-order valence-electron chi connectivity index (χ4n) is 4.05. The molecule has 0 aliphatic rings. The summed E-state index contributed by atoms with van der Waals surface area (Å²) in [7, 11) is -2.73. The summed E-state index contributed by atoms with van der Waals surface area (Å²) in [6.45, 7) is 6.68. The fraction of sp³-hybridized carbons (Fsp3) is 0.333. The van der Waals surface area contributed by atoms with Gasteiger partial charge >= 0.3 is 0 Å². The van der Waals surface area contributed by atoms with Gasteiger partial charge in [-0.1, -0.05) is 66.0 Å². The number of benzene rings is 3. The largest absolute Gasteiger partial charge is 0.497 e. The van der Waals surface area contributed by atoms with Crippen LogP contribution in [0.15, 0.2) is 71.6 Å². The summed E-state index contributed by atoms with van der Waals surface area (Å²) < 4.78 is 34.2. The summed E-state index contributed by atoms with van der Waals surface area (Å²) in [6, 6.07) is 16.9. The molecule has 0 spiro atoms. The van der Waals surface area contributed by atoms with Crippen LogP contribution in [-0.2, 0) is 26.2 Å². The van der Waals surface area contributed by atoms with Gasteiger partial charge in [0.15, 0.2) is 0 Å². The van der Waals surface area contributed by atoms with Crippen LogP contribution in [0, 0.1) is 6.92 Å². The summed E-state index contributed by atoms with van der Waals surface area (Å²) in [5.41, 5.74) is 1.62. The zero-order valence-corrected chi connectivity index (χ0v) is 26.1. The summed E-state index contributed by atoms with van der Waals surface area (Å²) in [5, 5.41) is 3.03. The minimum absolute atomic E-state index is 0.0143. The quantitative estimate of drug-likeness (QED) is 0.275. The van der Waals surface area contributed by atoms with Crippen molar-refractivity contribution in [2.75, 3.05) is 18.0 Å². The third-order valence-corrected chi connectivity index (χ3v) is 9.33. The number of nitrogens with zero attached hydrogens (tertiary/aromatic N) is 2. The molecule has 41 heavy (non-hydrogen) atoms. The number of methoxy groups -OCH3 is 1. The van der Waals surface area contributed by atoms with Gasteiger partial charge in [0.05, 0.1) is 27.7 Å². The highest BCUT2D eigenvalue weighted by atomic mass is 35.5. The minimum Gasteiger partial charge on any atom is -0.497 e. The first-order valence-electron chi connectivity index (χ1n) is 13.1. The molecule has 3 aromatic carbocycles. The van der Waals surface area contributed by atoms with E-state index in [-0.39, 0.29) is 39.1 Å². The van der Waals surface area contributed by atoms with E-state index in [4.69, 9.17) is 27.9 Å². The topological polar surface area (TPSA) is 96.0 Å². The highest BCUT2D eigenvalue weighted by Gasteiger charge is 2.34. The maximum Gasteiger partial charge on any atom is 0.264 e. The molecule has 0 bridgehead atoms. The maximum atomic E-state index is 14.0. The van der Waals surface area contributed by atoms with Crippen LogP contribution in [0.25, 0.3) is 0 Å². The molecule has 0 fully saturated rings. The van der Waals surface area contributed by atoms with Crippen LogP contribution in [0.4, 0.5) is 5.69 Å². The number of anilines is 1. The molecule has 0 radical (unpaired) electrons. The van der Waals surface area contributed by atoms with Crippen molar-refractivity contribution in [2.24, 2.45) is 0 Å². The Morgan fingerprint density at radius 3 is 2.29 bits per heavy atom. The smallest absolute Gasteiger partial charge is 0.264 e. The number of sulfonamides is 1. The monoisotopic (exact) mass is 619 g/mol. The molecular formula is C30H35Cl2N3O5S. The lowest BCUT2D eigenvalue weighted by atomic mass is 10.1. The van der Waals surface area contributed by atoms with Gasteiger partial charge in [0.1, 0.15) is 18.3 Å². The lowest BCUT2D eigenvalue weighted by Gasteiger charge is -2.32. The van der Waals surface area contributed by atoms with Gasteiger partial charge in [-0.2, -0.15) is 0 Å². The molecule has 220 valence electrons. The van der Waals surface area contributed by atoms with Gasteiger partial charge in [0.2, 0.25) is 11.8 Å². The molecule has 0 saturated heterocycles. The second-order valence-corrected chi connectivity index (χ2v) is 12.4. The summed E-state index contributed by atoms with van der Waals surface area (Å²) in [4.78, 5) is 28.6. The summed E-state index contributed by atoms with van der Waals surface area (Å²) in [5.74, 6) is -0.378. The van der Waals surface area contributed by atoms with Gasteiger partial charge < -0.3 is 15.0 Å². The Hall–Kier alpha value is -3.27. The van der Waals surface area contributed by atoms with Gasteiger partial charge in [-0.05, 0) is 69.2 Å². The number of nitrogens with one attached hydrogen (secondary N) is 1. The van der Waals surface area contributed by atoms with E-state index in [0.717, 1.165) is 9.87 Å². The number of hydrogen-bond donors (Lipinski definition) is 1. The molecule has 2 atom stereocenters. The van der Waals surface area contributed by atoms with Crippen LogP contribution >= 0.6 is 23.2 Å². The lowest BCUT2D eigenvalue weighted by molar-refractivity contribution is -0.139. The van der Waals surface area contributed by atoms with Crippen molar-refractivity contribution in [3.05, 3.63) is 87.9 Å². The van der Waals surface area contributed by atoms with Crippen LogP contribution < -0.4 is 14.4 Å². The molecule has 3 rings (SSSR count). The molecule has 8 nitrogen and oxygen atoms in total. The van der Waals surface area contributed by atoms with Crippen molar-refractivity contribution in [3.8, 4) is 5.75 Å². The normalized spacial score (nSPS) is 12.8. The van der Waals surface area contributed by atoms with E-state index in [0.29, 0.717) is 17.7 Å². The van der Waals surface area contributed by atoms with E-state index >= 15 is 0 Å². The number of carbonyl (C=O) groups excluding carboxylic acids is 2. The van der Waals surface area contributed by atoms with E-state index in [1.807, 2.05) is 20.8 Å². The van der Waals surface area contributed by atoms with Crippen molar-refractivity contribution in [3.63, 3.8) is 0 Å². The third-order valence-electron chi connectivity index (χ3n) is 6.74. The number of ether oxygens (including phenoxy) is 1. The molecule has 0 aliphatic carbocycles. The second kappa shape index (κ2) is 14.1. The van der Waals surface area contributed by atoms with Crippen LogP contribution in [-0.4, -0.2) is 50.9 Å². The minimum atomic E-state index is -4.27. The number of aryl methyl sites for hydroxylation is 1. The van der Waals surface area contributed by atoms with E-state index in [9.17, 15) is 18.0 Å². The molecule has 1 N–H and O–H groups in total. The first kappa shape index (κ1) is 32.2. The van der Waals surface area contributed by atoms with E-state index in [1.165, 1.54) is 36.3 Å². The number of amides is 2. The Bertz CT molecular complexity index is 1480. The molecule has 0 aromatic heterocycles. The maximum absolute atomic E-state index is 14.0. The molecule has 0 aliphatic heterocycles. The molecule has 0 heterocycles. The van der Waals surface area contributed by atoms with Gasteiger partial charge in [0, 0.05) is 12.6 Å². The van der Waals surface area contributed by atoms with E-state index in [2.05, 4.69) is 5.32 Å². The molecule has 11 heteroatoms. The van der Waals surface area contributed by atoms with Crippen molar-refractivity contribution in [1.82, 2.24) is 10.2 Å². The third kappa shape index (κ3) is 7.93. The Labute approximate surface area is 252 Å². The number of halogens is 2. The molecule has 2 amide bonds. The molecule has 0 saturated carbocycles. The second-order valence-electron chi connectivity index (χ2n) is 9.76. The van der Waals surface area contributed by atoms with Gasteiger partial charge in [-0.15, -0.1) is 0 Å². The predicted octanol–water partition coefficient (Wildman–Crippen LogP) is 5.84. The lowest BCUT2D eigenvalue weighted by Crippen LogP contribution is -2.52. The van der Waals surface area contributed by atoms with Crippen LogP contribution in [0.2, 0.25) is 10.0 Å². The average Bonchev–Trinajstić information content (AvgIpc) is 2.95. The average molecular weight is 621 g/mol. The van der Waals surface area contributed by atoms with Crippen molar-refractivity contribution in [1.29, 1.82) is 0 Å². The Morgan fingerprint density at radius 1 is 1.00 bits per heavy atom. The Balaban J connectivity index is 2.08. The van der Waals surface area contributed by atoms with Crippen molar-refractivity contribution in [2.45, 2.75) is 57.6 Å². The fourth-order valence-corrected chi connectivity index (χ4v) is 5.93. The van der Waals surface area contributed by atoms with Gasteiger partial charge in [-0.3, -0.25) is 13.9 Å². The summed E-state index contributed by atoms with van der Waals surface area (Å²) in [6.07, 6.45) is 0.706. The first-order chi connectivity index (χ1) is 19.4. The number of rotatable bonds is 12. The zero-order valence-electron chi connectivity index (χ0n) is 23.7. The van der Waals surface area contributed by atoms with Crippen LogP contribution in [0.5, 0.6) is 5.75 Å². The van der Waals surface area contributed by atoms with Crippen molar-refractivity contribution < 1.29 is 22.7 Å². The SMILES string of the molecule is CCC(C)NC(=O)C(C)N(Cc1cccc(OC)c1)C(=O)CN(c1cccc(Cl)c1Cl)S(=O)(=O)c1ccc(C)cc1. The highest BCUT2D eigenvalue weighted by Crippen LogP contribution is 2.35. The highest BCUT2D eigenvalue weighted by molar-refractivity contribution is 7.92. The molecule has 3 aromatic rings. The van der Waals surface area contributed by atoms with Crippen LogP contribution in [0.3, 0.4) is 0 Å². The van der Waals surface area contributed by atoms with E-state index in [1.54, 1.807) is 49.4 Å². The number of hydrogen-bond acceptors (Lipinski definition) is 5. The van der Waals surface area contributed by atoms with E-state index < -0.39 is 28.5 Å². The molecular weight excluding hydrogens is 585 g/mol. The van der Waals surface area contributed by atoms with Crippen molar-refractivity contribution >= 4 is 50.7 Å².